The van der Waals surface area contributed by atoms with Gasteiger partial charge in [-0.25, -0.2) is 9.97 Å². The number of hydrogen-bond donors (Lipinski definition) is 3. The van der Waals surface area contributed by atoms with E-state index >= 15 is 0 Å². The van der Waals surface area contributed by atoms with Crippen LogP contribution < -0.4 is 15.5 Å². The standard InChI is InChI=1S/C27H30ClN5O2S/c1-26(2)13-29-11-16-10-17(8-9-19(16)26)31-25-30-12-18-23(32-25)36-15-33(24(18)35)22-20(27(3,4)14-34)6-5-7-21(22)28/h5-10,12,29,34H,11,13-15H2,1-4H3,(H,30,31,32). The molecule has 1 aromatic heterocycles. The van der Waals surface area contributed by atoms with Crippen molar-refractivity contribution in [2.45, 2.75) is 50.1 Å². The van der Waals surface area contributed by atoms with Gasteiger partial charge in [-0.15, -0.1) is 0 Å². The molecule has 36 heavy (non-hydrogen) atoms. The first-order valence-corrected chi connectivity index (χ1v) is 13.3. The maximum atomic E-state index is 13.5. The third kappa shape index (κ3) is 4.47. The fraction of sp³-hybridized carbons (Fsp3) is 0.370. The fourth-order valence-electron chi connectivity index (χ4n) is 4.81. The number of halogens is 1. The average Bonchev–Trinajstić information content (AvgIpc) is 2.84. The number of nitrogens with one attached hydrogen (secondary N) is 2. The Morgan fingerprint density at radius 1 is 1.28 bits per heavy atom. The summed E-state index contributed by atoms with van der Waals surface area (Å²) in [7, 11) is 0. The fourth-order valence-corrected chi connectivity index (χ4v) is 6.03. The molecule has 0 bridgehead atoms. The van der Waals surface area contributed by atoms with Gasteiger partial charge in [0.15, 0.2) is 0 Å². The van der Waals surface area contributed by atoms with Crippen molar-refractivity contribution in [2.75, 3.05) is 29.2 Å². The van der Waals surface area contributed by atoms with Crippen molar-refractivity contribution in [3.8, 4) is 0 Å². The van der Waals surface area contributed by atoms with Gasteiger partial charge in [0.1, 0.15) is 5.03 Å². The number of anilines is 3. The molecule has 0 spiro atoms. The molecular formula is C27H30ClN5O2S. The van der Waals surface area contributed by atoms with E-state index in [2.05, 4.69) is 52.6 Å². The van der Waals surface area contributed by atoms with Crippen LogP contribution in [0.25, 0.3) is 0 Å². The van der Waals surface area contributed by atoms with Gasteiger partial charge < -0.3 is 15.7 Å². The SMILES string of the molecule is CC1(C)CNCc2cc(Nc3ncc4c(n3)SCN(c3c(Cl)cccc3C(C)(C)CO)C4=O)ccc21. The summed E-state index contributed by atoms with van der Waals surface area (Å²) in [6, 6.07) is 11.9. The molecule has 0 unspecified atom stereocenters. The molecule has 5 rings (SSSR count). The summed E-state index contributed by atoms with van der Waals surface area (Å²) in [4.78, 5) is 24.2. The van der Waals surface area contributed by atoms with E-state index in [0.29, 0.717) is 33.1 Å². The Morgan fingerprint density at radius 2 is 2.08 bits per heavy atom. The minimum Gasteiger partial charge on any atom is -0.395 e. The average molecular weight is 524 g/mol. The Hall–Kier alpha value is -2.65. The van der Waals surface area contributed by atoms with Crippen LogP contribution in [0.15, 0.2) is 47.6 Å². The van der Waals surface area contributed by atoms with Gasteiger partial charge in [-0.2, -0.15) is 0 Å². The van der Waals surface area contributed by atoms with Gasteiger partial charge in [-0.3, -0.25) is 9.69 Å². The lowest BCUT2D eigenvalue weighted by Crippen LogP contribution is -2.38. The first kappa shape index (κ1) is 25.0. The van der Waals surface area contributed by atoms with Crippen molar-refractivity contribution in [1.29, 1.82) is 0 Å². The lowest BCUT2D eigenvalue weighted by atomic mass is 9.79. The molecule has 3 aromatic rings. The lowest BCUT2D eigenvalue weighted by molar-refractivity contribution is 0.0985. The van der Waals surface area contributed by atoms with Crippen molar-refractivity contribution in [3.63, 3.8) is 0 Å². The molecule has 9 heteroatoms. The van der Waals surface area contributed by atoms with Crippen molar-refractivity contribution in [3.05, 3.63) is 69.9 Å². The van der Waals surface area contributed by atoms with Gasteiger partial charge in [0.2, 0.25) is 5.95 Å². The van der Waals surface area contributed by atoms with E-state index in [1.54, 1.807) is 17.2 Å². The van der Waals surface area contributed by atoms with Crippen LogP contribution in [-0.2, 0) is 17.4 Å². The summed E-state index contributed by atoms with van der Waals surface area (Å²) in [6.45, 7) is 10.1. The van der Waals surface area contributed by atoms with Crippen LogP contribution in [0, 0.1) is 0 Å². The van der Waals surface area contributed by atoms with Crippen LogP contribution in [0.5, 0.6) is 0 Å². The summed E-state index contributed by atoms with van der Waals surface area (Å²) in [5.41, 5.74) is 4.92. The van der Waals surface area contributed by atoms with E-state index < -0.39 is 5.41 Å². The molecule has 1 amide bonds. The molecule has 0 aliphatic carbocycles. The predicted octanol–water partition coefficient (Wildman–Crippen LogP) is 5.23. The van der Waals surface area contributed by atoms with Gasteiger partial charge in [0, 0.05) is 35.8 Å². The molecule has 0 saturated carbocycles. The molecule has 0 atom stereocenters. The van der Waals surface area contributed by atoms with E-state index in [4.69, 9.17) is 11.6 Å². The highest BCUT2D eigenvalue weighted by atomic mass is 35.5. The first-order valence-electron chi connectivity index (χ1n) is 11.9. The summed E-state index contributed by atoms with van der Waals surface area (Å²) >= 11 is 8.03. The first-order chi connectivity index (χ1) is 17.1. The minimum atomic E-state index is -0.560. The Morgan fingerprint density at radius 3 is 2.86 bits per heavy atom. The number of carbonyl (C=O) groups is 1. The van der Waals surface area contributed by atoms with Crippen molar-refractivity contribution >= 4 is 46.6 Å². The Balaban J connectivity index is 1.41. The summed E-state index contributed by atoms with van der Waals surface area (Å²) < 4.78 is 0. The number of carbonyl (C=O) groups excluding carboxylic acids is 1. The molecule has 7 nitrogen and oxygen atoms in total. The molecule has 2 aromatic carbocycles. The summed E-state index contributed by atoms with van der Waals surface area (Å²) in [6.07, 6.45) is 1.57. The second kappa shape index (κ2) is 9.34. The van der Waals surface area contributed by atoms with Crippen LogP contribution in [0.3, 0.4) is 0 Å². The van der Waals surface area contributed by atoms with Crippen molar-refractivity contribution in [1.82, 2.24) is 15.3 Å². The molecule has 2 aliphatic rings. The van der Waals surface area contributed by atoms with Crippen LogP contribution in [0.4, 0.5) is 17.3 Å². The van der Waals surface area contributed by atoms with Gasteiger partial charge in [-0.05, 0) is 34.9 Å². The van der Waals surface area contributed by atoms with E-state index in [0.717, 1.165) is 24.3 Å². The highest BCUT2D eigenvalue weighted by Gasteiger charge is 2.34. The quantitative estimate of drug-likeness (QED) is 0.394. The van der Waals surface area contributed by atoms with Crippen LogP contribution in [0.2, 0.25) is 5.02 Å². The lowest BCUT2D eigenvalue weighted by Gasteiger charge is -2.34. The summed E-state index contributed by atoms with van der Waals surface area (Å²) in [5, 5.41) is 17.8. The van der Waals surface area contributed by atoms with Gasteiger partial charge in [-0.1, -0.05) is 69.3 Å². The number of aromatic nitrogens is 2. The molecule has 0 radical (unpaired) electrons. The number of hydrogen-bond acceptors (Lipinski definition) is 7. The largest absolute Gasteiger partial charge is 0.395 e. The summed E-state index contributed by atoms with van der Waals surface area (Å²) in [5.74, 6) is 0.603. The van der Waals surface area contributed by atoms with Crippen molar-refractivity contribution in [2.24, 2.45) is 0 Å². The third-order valence-corrected chi connectivity index (χ3v) is 8.19. The third-order valence-electron chi connectivity index (χ3n) is 6.91. The number of aliphatic hydroxyl groups is 1. The van der Waals surface area contributed by atoms with E-state index in [-0.39, 0.29) is 17.9 Å². The zero-order valence-corrected chi connectivity index (χ0v) is 22.4. The van der Waals surface area contributed by atoms with E-state index in [1.807, 2.05) is 26.0 Å². The Kier molecular flexibility index (Phi) is 6.49. The maximum absolute atomic E-state index is 13.5. The highest BCUT2D eigenvalue weighted by molar-refractivity contribution is 7.99. The van der Waals surface area contributed by atoms with Crippen LogP contribution in [0.1, 0.15) is 54.7 Å². The Bertz CT molecular complexity index is 1340. The van der Waals surface area contributed by atoms with Gasteiger partial charge in [0.25, 0.3) is 5.91 Å². The second-order valence-electron chi connectivity index (χ2n) is 10.6. The van der Waals surface area contributed by atoms with Crippen molar-refractivity contribution < 1.29 is 9.90 Å². The van der Waals surface area contributed by atoms with Crippen LogP contribution >= 0.6 is 23.4 Å². The number of thioether (sulfide) groups is 1. The molecule has 3 heterocycles. The minimum absolute atomic E-state index is 0.0690. The second-order valence-corrected chi connectivity index (χ2v) is 11.9. The molecule has 188 valence electrons. The zero-order chi connectivity index (χ0) is 25.7. The molecule has 2 aliphatic heterocycles. The molecular weight excluding hydrogens is 494 g/mol. The monoisotopic (exact) mass is 523 g/mol. The smallest absolute Gasteiger partial charge is 0.263 e. The van der Waals surface area contributed by atoms with E-state index in [9.17, 15) is 9.90 Å². The number of rotatable bonds is 5. The normalized spacial score (nSPS) is 16.9. The number of benzene rings is 2. The van der Waals surface area contributed by atoms with Crippen LogP contribution in [-0.4, -0.2) is 40.0 Å². The zero-order valence-electron chi connectivity index (χ0n) is 20.9. The van der Waals surface area contributed by atoms with Gasteiger partial charge >= 0.3 is 0 Å². The molecule has 3 N–H and O–H groups in total. The number of para-hydroxylation sites is 1. The Labute approximate surface area is 220 Å². The highest BCUT2D eigenvalue weighted by Crippen LogP contribution is 2.41. The van der Waals surface area contributed by atoms with Gasteiger partial charge in [0.05, 0.1) is 28.8 Å². The number of nitrogens with zero attached hydrogens (tertiary/aromatic N) is 3. The molecule has 0 fully saturated rings. The number of aliphatic hydroxyl groups excluding tert-OH is 1. The topological polar surface area (TPSA) is 90.4 Å². The maximum Gasteiger partial charge on any atom is 0.263 e. The van der Waals surface area contributed by atoms with E-state index in [1.165, 1.54) is 22.9 Å². The number of fused-ring (bicyclic) bond motifs is 2. The molecule has 0 saturated heterocycles. The number of amides is 1. The predicted molar refractivity (Wildman–Crippen MR) is 146 cm³/mol.